The number of hydrogen-bond donors (Lipinski definition) is 0. The maximum atomic E-state index is 12.2. The van der Waals surface area contributed by atoms with Gasteiger partial charge in [0.2, 0.25) is 0 Å². The van der Waals surface area contributed by atoms with Crippen LogP contribution >= 0.6 is 0 Å². The Balaban J connectivity index is 1.63. The summed E-state index contributed by atoms with van der Waals surface area (Å²) < 4.78 is 10.6. The summed E-state index contributed by atoms with van der Waals surface area (Å²) >= 11 is 0. The minimum Gasteiger partial charge on any atom is -0.491 e. The normalized spacial score (nSPS) is 20.8. The molecule has 0 radical (unpaired) electrons. The molecule has 3 rings (SSSR count). The molecule has 0 N–H and O–H groups in total. The Morgan fingerprint density at radius 2 is 2.05 bits per heavy atom. The van der Waals surface area contributed by atoms with Crippen LogP contribution in [0.4, 0.5) is 0 Å². The van der Waals surface area contributed by atoms with Gasteiger partial charge >= 0.3 is 0 Å². The molecule has 2 aliphatic rings. The lowest BCUT2D eigenvalue weighted by molar-refractivity contribution is 0.103. The predicted octanol–water partition coefficient (Wildman–Crippen LogP) is 2.92. The molecule has 19 heavy (non-hydrogen) atoms. The second kappa shape index (κ2) is 5.41. The lowest BCUT2D eigenvalue weighted by atomic mass is 9.97. The van der Waals surface area contributed by atoms with E-state index >= 15 is 0 Å². The molecule has 1 unspecified atom stereocenters. The number of carbonyl (C=O) groups is 1. The van der Waals surface area contributed by atoms with E-state index in [0.29, 0.717) is 6.61 Å². The Hall–Kier alpha value is -1.87. The van der Waals surface area contributed by atoms with E-state index in [9.17, 15) is 4.79 Å². The molecule has 0 saturated carbocycles. The molecule has 1 aliphatic carbocycles. The summed E-state index contributed by atoms with van der Waals surface area (Å²) in [6.07, 6.45) is 7.95. The van der Waals surface area contributed by atoms with E-state index in [2.05, 4.69) is 6.08 Å². The molecular weight excluding hydrogens is 240 g/mol. The van der Waals surface area contributed by atoms with Gasteiger partial charge in [0.25, 0.3) is 0 Å². The lowest BCUT2D eigenvalue weighted by Gasteiger charge is -2.08. The van der Waals surface area contributed by atoms with E-state index < -0.39 is 0 Å². The standard InChI is InChI=1S/C16H16O3/c17-16(12-4-2-1-3-5-12)13-6-8-14(9-7-13)18-10-15-11-19-15/h1-2,5-9,15H,3-4,10-11H2. The van der Waals surface area contributed by atoms with Crippen molar-refractivity contribution in [2.75, 3.05) is 13.2 Å². The maximum Gasteiger partial charge on any atom is 0.189 e. The molecule has 1 aliphatic heterocycles. The fourth-order valence-corrected chi connectivity index (χ4v) is 2.03. The number of Topliss-reactive ketones (excluding diaryl/α,β-unsaturated/α-hetero) is 1. The molecular formula is C16H16O3. The number of ether oxygens (including phenoxy) is 2. The van der Waals surface area contributed by atoms with Gasteiger partial charge in [0.1, 0.15) is 18.5 Å². The van der Waals surface area contributed by atoms with Crippen LogP contribution in [0.3, 0.4) is 0 Å². The molecule has 1 saturated heterocycles. The van der Waals surface area contributed by atoms with Gasteiger partial charge in [0.05, 0.1) is 6.61 Å². The van der Waals surface area contributed by atoms with Crippen molar-refractivity contribution in [2.24, 2.45) is 0 Å². The number of ketones is 1. The van der Waals surface area contributed by atoms with Crippen LogP contribution in [0, 0.1) is 0 Å². The van der Waals surface area contributed by atoms with Crippen LogP contribution in [-0.4, -0.2) is 25.1 Å². The molecule has 98 valence electrons. The second-order valence-electron chi connectivity index (χ2n) is 4.76. The molecule has 1 fully saturated rings. The third kappa shape index (κ3) is 3.12. The first kappa shape index (κ1) is 12.2. The summed E-state index contributed by atoms with van der Waals surface area (Å²) in [6, 6.07) is 7.33. The van der Waals surface area contributed by atoms with Gasteiger partial charge < -0.3 is 9.47 Å². The van der Waals surface area contributed by atoms with Gasteiger partial charge in [-0.3, -0.25) is 4.79 Å². The maximum absolute atomic E-state index is 12.2. The summed E-state index contributed by atoms with van der Waals surface area (Å²) in [4.78, 5) is 12.2. The van der Waals surface area contributed by atoms with E-state index in [1.807, 2.05) is 36.4 Å². The highest BCUT2D eigenvalue weighted by molar-refractivity contribution is 6.09. The monoisotopic (exact) mass is 256 g/mol. The molecule has 3 heteroatoms. The van der Waals surface area contributed by atoms with E-state index in [-0.39, 0.29) is 11.9 Å². The SMILES string of the molecule is O=C(C1=CCC=CC1)c1ccc(OCC2CO2)cc1. The van der Waals surface area contributed by atoms with Crippen LogP contribution in [0.5, 0.6) is 5.75 Å². The zero-order valence-corrected chi connectivity index (χ0v) is 10.7. The Kier molecular flexibility index (Phi) is 3.47. The quantitative estimate of drug-likeness (QED) is 0.462. The van der Waals surface area contributed by atoms with Gasteiger partial charge in [-0.05, 0) is 37.1 Å². The Bertz CT molecular complexity index is 521. The van der Waals surface area contributed by atoms with Crippen LogP contribution < -0.4 is 4.74 Å². The summed E-state index contributed by atoms with van der Waals surface area (Å²) in [5.41, 5.74) is 1.60. The van der Waals surface area contributed by atoms with Gasteiger partial charge in [0, 0.05) is 11.1 Å². The number of carbonyl (C=O) groups excluding carboxylic acids is 1. The second-order valence-corrected chi connectivity index (χ2v) is 4.76. The van der Waals surface area contributed by atoms with Gasteiger partial charge in [-0.2, -0.15) is 0 Å². The van der Waals surface area contributed by atoms with Crippen molar-refractivity contribution in [1.29, 1.82) is 0 Å². The molecule has 1 aromatic rings. The van der Waals surface area contributed by atoms with Crippen LogP contribution in [0.15, 0.2) is 48.1 Å². The van der Waals surface area contributed by atoms with Crippen molar-refractivity contribution in [3.63, 3.8) is 0 Å². The van der Waals surface area contributed by atoms with Gasteiger partial charge in [-0.15, -0.1) is 0 Å². The summed E-state index contributed by atoms with van der Waals surface area (Å²) in [7, 11) is 0. The van der Waals surface area contributed by atoms with Crippen LogP contribution in [0.25, 0.3) is 0 Å². The van der Waals surface area contributed by atoms with Crippen molar-refractivity contribution in [3.05, 3.63) is 53.6 Å². The summed E-state index contributed by atoms with van der Waals surface area (Å²) in [5, 5.41) is 0. The predicted molar refractivity (Wildman–Crippen MR) is 72.5 cm³/mol. The average Bonchev–Trinajstić information content (AvgIpc) is 3.30. The smallest absolute Gasteiger partial charge is 0.189 e. The van der Waals surface area contributed by atoms with Crippen molar-refractivity contribution < 1.29 is 14.3 Å². The van der Waals surface area contributed by atoms with Crippen LogP contribution in [0.2, 0.25) is 0 Å². The van der Waals surface area contributed by atoms with E-state index in [4.69, 9.17) is 9.47 Å². The topological polar surface area (TPSA) is 38.8 Å². The van der Waals surface area contributed by atoms with E-state index in [0.717, 1.165) is 36.3 Å². The largest absolute Gasteiger partial charge is 0.491 e. The molecule has 0 amide bonds. The Labute approximate surface area is 112 Å². The number of hydrogen-bond acceptors (Lipinski definition) is 3. The average molecular weight is 256 g/mol. The van der Waals surface area contributed by atoms with Crippen molar-refractivity contribution in [3.8, 4) is 5.75 Å². The molecule has 1 atom stereocenters. The molecule has 0 spiro atoms. The minimum atomic E-state index is 0.112. The first-order valence-electron chi connectivity index (χ1n) is 6.56. The zero-order chi connectivity index (χ0) is 13.1. The van der Waals surface area contributed by atoms with Crippen molar-refractivity contribution in [1.82, 2.24) is 0 Å². The molecule has 1 aromatic carbocycles. The van der Waals surface area contributed by atoms with Crippen LogP contribution in [0.1, 0.15) is 23.2 Å². The van der Waals surface area contributed by atoms with Gasteiger partial charge in [-0.25, -0.2) is 0 Å². The lowest BCUT2D eigenvalue weighted by Crippen LogP contribution is -2.06. The molecule has 0 aromatic heterocycles. The molecule has 3 nitrogen and oxygen atoms in total. The van der Waals surface area contributed by atoms with Crippen molar-refractivity contribution in [2.45, 2.75) is 18.9 Å². The Morgan fingerprint density at radius 1 is 1.26 bits per heavy atom. The van der Waals surface area contributed by atoms with Gasteiger partial charge in [-0.1, -0.05) is 18.2 Å². The summed E-state index contributed by atoms with van der Waals surface area (Å²) in [5.74, 6) is 0.894. The highest BCUT2D eigenvalue weighted by atomic mass is 16.6. The van der Waals surface area contributed by atoms with E-state index in [1.54, 1.807) is 0 Å². The van der Waals surface area contributed by atoms with Crippen LogP contribution in [-0.2, 0) is 4.74 Å². The molecule has 1 heterocycles. The fraction of sp³-hybridized carbons (Fsp3) is 0.312. The van der Waals surface area contributed by atoms with Gasteiger partial charge in [0.15, 0.2) is 5.78 Å². The summed E-state index contributed by atoms with van der Waals surface area (Å²) in [6.45, 7) is 1.38. The highest BCUT2D eigenvalue weighted by Gasteiger charge is 2.23. The number of benzene rings is 1. The minimum absolute atomic E-state index is 0.112. The third-order valence-corrected chi connectivity index (χ3v) is 3.25. The third-order valence-electron chi connectivity index (χ3n) is 3.25. The number of rotatable bonds is 5. The first-order valence-corrected chi connectivity index (χ1v) is 6.56. The van der Waals surface area contributed by atoms with E-state index in [1.165, 1.54) is 0 Å². The highest BCUT2D eigenvalue weighted by Crippen LogP contribution is 2.20. The fourth-order valence-electron chi connectivity index (χ4n) is 2.03. The number of allylic oxidation sites excluding steroid dienone is 4. The Morgan fingerprint density at radius 3 is 2.68 bits per heavy atom. The van der Waals surface area contributed by atoms with Crippen molar-refractivity contribution >= 4 is 5.78 Å². The molecule has 0 bridgehead atoms. The zero-order valence-electron chi connectivity index (χ0n) is 10.7. The number of epoxide rings is 1. The first-order chi connectivity index (χ1) is 9.33.